The Morgan fingerprint density at radius 2 is 1.61 bits per heavy atom. The van der Waals surface area contributed by atoms with Crippen molar-refractivity contribution in [1.82, 2.24) is 0 Å². The maximum absolute atomic E-state index is 9.98. The van der Waals surface area contributed by atoms with Gasteiger partial charge >= 0.3 is 0 Å². The molecule has 0 aromatic heterocycles. The first kappa shape index (κ1) is 19.5. The highest BCUT2D eigenvalue weighted by Crippen LogP contribution is 2.04. The van der Waals surface area contributed by atoms with Crippen molar-refractivity contribution in [3.05, 3.63) is 0 Å². The highest BCUT2D eigenvalue weighted by molar-refractivity contribution is 5.70. The molecule has 0 aliphatic carbocycles. The second-order valence-corrected chi connectivity index (χ2v) is 3.43. The normalized spacial score (nSPS) is 17.1. The number of quaternary nitrogens is 1. The zero-order chi connectivity index (χ0) is 14.7. The van der Waals surface area contributed by atoms with Crippen LogP contribution in [0.5, 0.6) is 0 Å². The summed E-state index contributed by atoms with van der Waals surface area (Å²) in [5, 5.41) is 61.5. The van der Waals surface area contributed by atoms with Gasteiger partial charge in [-0.25, -0.2) is 0 Å². The Kier molecular flexibility index (Phi) is 12.2. The molecule has 0 aromatic rings. The van der Waals surface area contributed by atoms with Crippen LogP contribution in [0.4, 0.5) is 0 Å². The summed E-state index contributed by atoms with van der Waals surface area (Å²) >= 11 is 0. The van der Waals surface area contributed by atoms with Gasteiger partial charge in [0.25, 0.3) is 0 Å². The van der Waals surface area contributed by atoms with Gasteiger partial charge in [-0.1, -0.05) is 0 Å². The van der Waals surface area contributed by atoms with Crippen LogP contribution in [0.15, 0.2) is 0 Å². The molecule has 0 fully saturated rings. The molecule has 0 radical (unpaired) electrons. The van der Waals surface area contributed by atoms with Crippen LogP contribution in [0, 0.1) is 0 Å². The van der Waals surface area contributed by atoms with E-state index in [1.54, 1.807) is 0 Å². The van der Waals surface area contributed by atoms with Crippen molar-refractivity contribution in [2.75, 3.05) is 19.8 Å². The number of aliphatic hydroxyl groups is 6. The van der Waals surface area contributed by atoms with Crippen LogP contribution in [-0.4, -0.2) is 80.8 Å². The fraction of sp³-hybridized carbons (Fsp3) is 0.889. The number of carboxylic acid groups (broad SMARTS) is 1. The molecule has 0 aliphatic heterocycles. The summed E-state index contributed by atoms with van der Waals surface area (Å²) in [5.41, 5.74) is 3.52. The number of hydrogen-bond acceptors (Lipinski definition) is 8. The standard InChI is InChI=1S/C6H12O7.C3H9NO/c7-1-2(8)3(9)4(10)5(11)6(12)13;4-2-1-3-5/h2-5,7-11H,1H2,(H,12,13);5H,1-4H2/t2-,3-,4+,5-;/m1./s1. The van der Waals surface area contributed by atoms with Gasteiger partial charge in [-0.05, 0) is 0 Å². The van der Waals surface area contributed by atoms with Crippen LogP contribution < -0.4 is 10.8 Å². The average Bonchev–Trinajstić information content (AvgIpc) is 2.36. The van der Waals surface area contributed by atoms with Gasteiger partial charge < -0.3 is 46.3 Å². The number of hydrogen-bond donors (Lipinski definition) is 7. The molecular formula is C9H21NO8. The van der Waals surface area contributed by atoms with E-state index in [9.17, 15) is 9.90 Å². The minimum Gasteiger partial charge on any atom is -0.547 e. The van der Waals surface area contributed by atoms with Crippen LogP contribution >= 0.6 is 0 Å². The molecule has 9 N–H and O–H groups in total. The van der Waals surface area contributed by atoms with E-state index in [2.05, 4.69) is 5.73 Å². The van der Waals surface area contributed by atoms with E-state index in [-0.39, 0.29) is 6.61 Å². The van der Waals surface area contributed by atoms with Gasteiger partial charge in [-0.3, -0.25) is 0 Å². The minimum absolute atomic E-state index is 0.281. The largest absolute Gasteiger partial charge is 0.547 e. The zero-order valence-corrected chi connectivity index (χ0v) is 9.84. The molecule has 0 aromatic carbocycles. The van der Waals surface area contributed by atoms with Crippen molar-refractivity contribution in [3.8, 4) is 0 Å². The summed E-state index contributed by atoms with van der Waals surface area (Å²) < 4.78 is 0. The van der Waals surface area contributed by atoms with E-state index in [1.807, 2.05) is 0 Å². The Morgan fingerprint density at radius 3 is 1.83 bits per heavy atom. The third kappa shape index (κ3) is 8.31. The number of carboxylic acids is 1. The molecule has 9 heteroatoms. The molecule has 0 saturated heterocycles. The minimum atomic E-state index is -2.31. The van der Waals surface area contributed by atoms with Crippen LogP contribution in [0.2, 0.25) is 0 Å². The maximum Gasteiger partial charge on any atom is 0.122 e. The highest BCUT2D eigenvalue weighted by Gasteiger charge is 2.30. The van der Waals surface area contributed by atoms with Crippen LogP contribution in [0.25, 0.3) is 0 Å². The van der Waals surface area contributed by atoms with Crippen molar-refractivity contribution in [1.29, 1.82) is 0 Å². The SMILES string of the molecule is O=C([O-])[C@H](O)[C@@H](O)[C@H](O)[C@H](O)CO.[NH3+]CCCO. The van der Waals surface area contributed by atoms with E-state index < -0.39 is 37.0 Å². The van der Waals surface area contributed by atoms with Gasteiger partial charge in [-0.15, -0.1) is 0 Å². The molecule has 0 aliphatic rings. The molecule has 0 saturated carbocycles. The first-order valence-corrected chi connectivity index (χ1v) is 5.27. The third-order valence-electron chi connectivity index (χ3n) is 1.90. The lowest BCUT2D eigenvalue weighted by Crippen LogP contribution is -2.52. The molecular weight excluding hydrogens is 250 g/mol. The summed E-state index contributed by atoms with van der Waals surface area (Å²) in [6.07, 6.45) is -7.25. The fourth-order valence-corrected chi connectivity index (χ4v) is 0.774. The van der Waals surface area contributed by atoms with Gasteiger partial charge in [0.05, 0.1) is 19.1 Å². The lowest BCUT2D eigenvalue weighted by Gasteiger charge is -2.25. The number of aliphatic carboxylic acids is 1. The first-order chi connectivity index (χ1) is 8.33. The third-order valence-corrected chi connectivity index (χ3v) is 1.90. The first-order valence-electron chi connectivity index (χ1n) is 5.27. The molecule has 0 amide bonds. The molecule has 0 bridgehead atoms. The van der Waals surface area contributed by atoms with E-state index in [0.29, 0.717) is 0 Å². The predicted octanol–water partition coefficient (Wildman–Crippen LogP) is -6.22. The van der Waals surface area contributed by atoms with Gasteiger partial charge in [0.2, 0.25) is 0 Å². The van der Waals surface area contributed by atoms with Crippen LogP contribution in [-0.2, 0) is 4.79 Å². The van der Waals surface area contributed by atoms with Crippen LogP contribution in [0.1, 0.15) is 6.42 Å². The Balaban J connectivity index is 0. The molecule has 18 heavy (non-hydrogen) atoms. The van der Waals surface area contributed by atoms with E-state index in [4.69, 9.17) is 30.6 Å². The molecule has 0 rings (SSSR count). The quantitative estimate of drug-likeness (QED) is 0.238. The second kappa shape index (κ2) is 11.3. The summed E-state index contributed by atoms with van der Waals surface area (Å²) in [7, 11) is 0. The Labute approximate surface area is 104 Å². The lowest BCUT2D eigenvalue weighted by molar-refractivity contribution is -0.369. The number of aliphatic hydroxyl groups excluding tert-OH is 6. The monoisotopic (exact) mass is 271 g/mol. The molecule has 4 atom stereocenters. The molecule has 0 unspecified atom stereocenters. The second-order valence-electron chi connectivity index (χ2n) is 3.43. The topological polar surface area (TPSA) is 189 Å². The number of carbonyl (C=O) groups is 1. The van der Waals surface area contributed by atoms with Gasteiger partial charge in [0, 0.05) is 13.0 Å². The van der Waals surface area contributed by atoms with Crippen molar-refractivity contribution >= 4 is 5.97 Å². The van der Waals surface area contributed by atoms with Crippen molar-refractivity contribution in [2.24, 2.45) is 0 Å². The number of rotatable bonds is 7. The Bertz CT molecular complexity index is 213. The van der Waals surface area contributed by atoms with E-state index in [0.717, 1.165) is 13.0 Å². The van der Waals surface area contributed by atoms with Crippen molar-refractivity contribution in [3.63, 3.8) is 0 Å². The van der Waals surface area contributed by atoms with E-state index in [1.165, 1.54) is 0 Å². The van der Waals surface area contributed by atoms with Crippen molar-refractivity contribution in [2.45, 2.75) is 30.8 Å². The van der Waals surface area contributed by atoms with E-state index >= 15 is 0 Å². The maximum atomic E-state index is 9.98. The summed E-state index contributed by atoms with van der Waals surface area (Å²) in [6, 6.07) is 0. The predicted molar refractivity (Wildman–Crippen MR) is 55.6 cm³/mol. The summed E-state index contributed by atoms with van der Waals surface area (Å²) in [5.74, 6) is -1.98. The fourth-order valence-electron chi connectivity index (χ4n) is 0.774. The van der Waals surface area contributed by atoms with Gasteiger partial charge in [0.15, 0.2) is 0 Å². The smallest absolute Gasteiger partial charge is 0.122 e. The molecule has 110 valence electrons. The summed E-state index contributed by atoms with van der Waals surface area (Å²) in [4.78, 5) is 9.98. The molecule has 0 spiro atoms. The Morgan fingerprint density at radius 1 is 1.11 bits per heavy atom. The van der Waals surface area contributed by atoms with Gasteiger partial charge in [0.1, 0.15) is 24.4 Å². The van der Waals surface area contributed by atoms with Crippen LogP contribution in [0.3, 0.4) is 0 Å². The summed E-state index contributed by atoms with van der Waals surface area (Å²) in [6.45, 7) is 0.262. The molecule has 0 heterocycles. The number of carbonyl (C=O) groups excluding carboxylic acids is 1. The average molecular weight is 271 g/mol. The molecule has 9 nitrogen and oxygen atoms in total. The Hall–Kier alpha value is -0.810. The highest BCUT2D eigenvalue weighted by atomic mass is 16.4. The van der Waals surface area contributed by atoms with Crippen molar-refractivity contribution < 1.29 is 46.3 Å². The zero-order valence-electron chi connectivity index (χ0n) is 9.84. The lowest BCUT2D eigenvalue weighted by atomic mass is 10.0. The van der Waals surface area contributed by atoms with Gasteiger partial charge in [-0.2, -0.15) is 0 Å².